The van der Waals surface area contributed by atoms with E-state index in [1.54, 1.807) is 7.05 Å². The summed E-state index contributed by atoms with van der Waals surface area (Å²) in [6.45, 7) is 5.06. The van der Waals surface area contributed by atoms with Gasteiger partial charge in [-0.3, -0.25) is 13.9 Å². The number of aromatic nitrogens is 4. The molecule has 0 bridgehead atoms. The van der Waals surface area contributed by atoms with Gasteiger partial charge in [-0.25, -0.2) is 4.79 Å². The van der Waals surface area contributed by atoms with Crippen LogP contribution in [-0.4, -0.2) is 38.4 Å². The van der Waals surface area contributed by atoms with Gasteiger partial charge in [0.1, 0.15) is 0 Å². The van der Waals surface area contributed by atoms with E-state index in [-0.39, 0.29) is 11.7 Å². The second-order valence-corrected chi connectivity index (χ2v) is 4.64. The minimum Gasteiger partial charge on any atom is -0.377 e. The second-order valence-electron chi connectivity index (χ2n) is 4.64. The number of nitrogens with one attached hydrogen (secondary N) is 2. The fourth-order valence-electron chi connectivity index (χ4n) is 1.99. The highest BCUT2D eigenvalue weighted by molar-refractivity contribution is 5.72. The fraction of sp³-hybridized carbons (Fsp3) is 0.583. The first-order valence-corrected chi connectivity index (χ1v) is 6.46. The van der Waals surface area contributed by atoms with Crippen molar-refractivity contribution in [3.63, 3.8) is 0 Å². The maximum absolute atomic E-state index is 12.0. The Bertz CT molecular complexity index is 727. The molecule has 2 aromatic heterocycles. The van der Waals surface area contributed by atoms with Gasteiger partial charge < -0.3 is 15.0 Å². The van der Waals surface area contributed by atoms with Crippen molar-refractivity contribution in [2.45, 2.75) is 20.0 Å². The van der Waals surface area contributed by atoms with E-state index in [2.05, 4.69) is 15.3 Å². The van der Waals surface area contributed by atoms with Crippen LogP contribution in [0, 0.1) is 0 Å². The Morgan fingerprint density at radius 2 is 2.05 bits per heavy atom. The summed E-state index contributed by atoms with van der Waals surface area (Å²) in [6.07, 6.45) is 0.0277. The van der Waals surface area contributed by atoms with Crippen molar-refractivity contribution < 1.29 is 4.74 Å². The molecule has 0 spiro atoms. The number of H-pyrrole nitrogens is 1. The Morgan fingerprint density at radius 3 is 2.70 bits per heavy atom. The monoisotopic (exact) mass is 281 g/mol. The number of fused-ring (bicyclic) bond motifs is 1. The van der Waals surface area contributed by atoms with Gasteiger partial charge in [0.25, 0.3) is 5.56 Å². The Kier molecular flexibility index (Phi) is 3.93. The van der Waals surface area contributed by atoms with E-state index in [4.69, 9.17) is 4.74 Å². The number of aromatic amines is 1. The lowest BCUT2D eigenvalue weighted by Crippen LogP contribution is -2.36. The Labute approximate surface area is 115 Å². The molecule has 2 heterocycles. The van der Waals surface area contributed by atoms with Crippen LogP contribution in [-0.2, 0) is 18.8 Å². The zero-order valence-corrected chi connectivity index (χ0v) is 12.1. The molecule has 0 aliphatic heterocycles. The van der Waals surface area contributed by atoms with Crippen LogP contribution in [0.5, 0.6) is 0 Å². The van der Waals surface area contributed by atoms with E-state index in [0.29, 0.717) is 30.3 Å². The zero-order chi connectivity index (χ0) is 14.9. The molecule has 8 nitrogen and oxygen atoms in total. The Balaban J connectivity index is 2.35. The predicted molar refractivity (Wildman–Crippen MR) is 76.2 cm³/mol. The van der Waals surface area contributed by atoms with Crippen molar-refractivity contribution >= 4 is 17.1 Å². The SMILES string of the molecule is CCOC(C)CNc1nc2c([nH]1)c(=O)n(C)c(=O)n2C. The molecule has 0 aromatic carbocycles. The van der Waals surface area contributed by atoms with Gasteiger partial charge in [0.2, 0.25) is 5.95 Å². The third-order valence-corrected chi connectivity index (χ3v) is 3.10. The molecule has 0 aliphatic carbocycles. The van der Waals surface area contributed by atoms with E-state index in [9.17, 15) is 9.59 Å². The van der Waals surface area contributed by atoms with Crippen LogP contribution in [0.3, 0.4) is 0 Å². The molecule has 8 heteroatoms. The topological polar surface area (TPSA) is 93.9 Å². The summed E-state index contributed by atoms with van der Waals surface area (Å²) in [4.78, 5) is 30.9. The lowest BCUT2D eigenvalue weighted by atomic mass is 10.4. The summed E-state index contributed by atoms with van der Waals surface area (Å²) >= 11 is 0. The van der Waals surface area contributed by atoms with Gasteiger partial charge in [-0.15, -0.1) is 0 Å². The average molecular weight is 281 g/mol. The lowest BCUT2D eigenvalue weighted by Gasteiger charge is -2.11. The summed E-state index contributed by atoms with van der Waals surface area (Å²) in [5.41, 5.74) is -0.143. The highest BCUT2D eigenvalue weighted by atomic mass is 16.5. The third-order valence-electron chi connectivity index (χ3n) is 3.10. The lowest BCUT2D eigenvalue weighted by molar-refractivity contribution is 0.0854. The number of nitrogens with zero attached hydrogens (tertiary/aromatic N) is 3. The number of aryl methyl sites for hydroxylation is 1. The van der Waals surface area contributed by atoms with Crippen molar-refractivity contribution in [1.82, 2.24) is 19.1 Å². The van der Waals surface area contributed by atoms with Crippen molar-refractivity contribution in [1.29, 1.82) is 0 Å². The highest BCUT2D eigenvalue weighted by Gasteiger charge is 2.13. The van der Waals surface area contributed by atoms with Crippen LogP contribution in [0.2, 0.25) is 0 Å². The fourth-order valence-corrected chi connectivity index (χ4v) is 1.99. The first kappa shape index (κ1) is 14.3. The van der Waals surface area contributed by atoms with E-state index in [1.807, 2.05) is 13.8 Å². The smallest absolute Gasteiger partial charge is 0.332 e. The normalized spacial score (nSPS) is 12.8. The Hall–Kier alpha value is -2.09. The summed E-state index contributed by atoms with van der Waals surface area (Å²) in [7, 11) is 3.02. The highest BCUT2D eigenvalue weighted by Crippen LogP contribution is 2.08. The van der Waals surface area contributed by atoms with E-state index in [0.717, 1.165) is 4.57 Å². The first-order chi connectivity index (χ1) is 9.45. The van der Waals surface area contributed by atoms with Crippen LogP contribution in [0.4, 0.5) is 5.95 Å². The maximum Gasteiger partial charge on any atom is 0.332 e. The molecule has 2 N–H and O–H groups in total. The van der Waals surface area contributed by atoms with E-state index >= 15 is 0 Å². The van der Waals surface area contributed by atoms with E-state index in [1.165, 1.54) is 11.6 Å². The standard InChI is InChI=1S/C12H19N5O3/c1-5-20-7(2)6-13-11-14-8-9(15-11)16(3)12(19)17(4)10(8)18/h7H,5-6H2,1-4H3,(H2,13,14,15). The number of rotatable bonds is 5. The molecule has 2 rings (SSSR count). The van der Waals surface area contributed by atoms with Crippen molar-refractivity contribution in [3.05, 3.63) is 20.8 Å². The summed E-state index contributed by atoms with van der Waals surface area (Å²) in [6, 6.07) is 0. The van der Waals surface area contributed by atoms with Crippen LogP contribution in [0.1, 0.15) is 13.8 Å². The minimum atomic E-state index is -0.400. The number of hydrogen-bond donors (Lipinski definition) is 2. The molecule has 0 radical (unpaired) electrons. The molecule has 0 saturated heterocycles. The molecular weight excluding hydrogens is 262 g/mol. The molecule has 1 unspecified atom stereocenters. The number of ether oxygens (including phenoxy) is 1. The molecule has 110 valence electrons. The molecule has 0 fully saturated rings. The predicted octanol–water partition coefficient (Wildman–Crippen LogP) is -0.203. The van der Waals surface area contributed by atoms with Gasteiger partial charge in [-0.1, -0.05) is 0 Å². The van der Waals surface area contributed by atoms with Gasteiger partial charge in [0.15, 0.2) is 11.2 Å². The minimum absolute atomic E-state index is 0.0277. The van der Waals surface area contributed by atoms with Gasteiger partial charge in [0.05, 0.1) is 6.10 Å². The van der Waals surface area contributed by atoms with Crippen LogP contribution in [0.25, 0.3) is 11.2 Å². The zero-order valence-electron chi connectivity index (χ0n) is 12.1. The van der Waals surface area contributed by atoms with Crippen molar-refractivity contribution in [2.24, 2.45) is 14.1 Å². The van der Waals surface area contributed by atoms with Gasteiger partial charge >= 0.3 is 5.69 Å². The van der Waals surface area contributed by atoms with E-state index < -0.39 is 5.69 Å². The van der Waals surface area contributed by atoms with Crippen LogP contribution in [0.15, 0.2) is 9.59 Å². The van der Waals surface area contributed by atoms with Gasteiger partial charge in [-0.05, 0) is 13.8 Å². The van der Waals surface area contributed by atoms with Crippen molar-refractivity contribution in [3.8, 4) is 0 Å². The van der Waals surface area contributed by atoms with Crippen LogP contribution >= 0.6 is 0 Å². The number of imidazole rings is 1. The first-order valence-electron chi connectivity index (χ1n) is 6.46. The molecular formula is C12H19N5O3. The third kappa shape index (κ3) is 2.46. The molecule has 1 atom stereocenters. The molecule has 20 heavy (non-hydrogen) atoms. The summed E-state index contributed by atoms with van der Waals surface area (Å²) < 4.78 is 7.78. The van der Waals surface area contributed by atoms with Gasteiger partial charge in [-0.2, -0.15) is 4.98 Å². The average Bonchev–Trinajstić information content (AvgIpc) is 2.85. The molecule has 0 saturated carbocycles. The summed E-state index contributed by atoms with van der Waals surface area (Å²) in [5.74, 6) is 0.449. The maximum atomic E-state index is 12.0. The largest absolute Gasteiger partial charge is 0.377 e. The van der Waals surface area contributed by atoms with Gasteiger partial charge in [0, 0.05) is 27.2 Å². The molecule has 2 aromatic rings. The summed E-state index contributed by atoms with van der Waals surface area (Å²) in [5, 5.41) is 3.06. The van der Waals surface area contributed by atoms with Crippen molar-refractivity contribution in [2.75, 3.05) is 18.5 Å². The molecule has 0 aliphatic rings. The molecule has 0 amide bonds. The second kappa shape index (κ2) is 5.49. The number of hydrogen-bond acceptors (Lipinski definition) is 5. The Morgan fingerprint density at radius 1 is 1.35 bits per heavy atom. The quantitative estimate of drug-likeness (QED) is 0.791. The number of anilines is 1. The van der Waals surface area contributed by atoms with Crippen LogP contribution < -0.4 is 16.6 Å².